The predicted molar refractivity (Wildman–Crippen MR) is 117 cm³/mol. The van der Waals surface area contributed by atoms with E-state index in [9.17, 15) is 9.59 Å². The number of carbonyl (C=O) groups excluding carboxylic acids is 2. The summed E-state index contributed by atoms with van der Waals surface area (Å²) in [5.74, 6) is 0.0851. The monoisotopic (exact) mass is 396 g/mol. The van der Waals surface area contributed by atoms with Crippen molar-refractivity contribution in [1.82, 2.24) is 10.2 Å². The number of Topliss-reactive ketones (excluding diaryl/α,β-unsaturated/α-hetero) is 1. The first-order chi connectivity index (χ1) is 14.1. The molecule has 0 aliphatic heterocycles. The first kappa shape index (κ1) is 22.6. The third kappa shape index (κ3) is 8.92. The molecule has 0 radical (unpaired) electrons. The summed E-state index contributed by atoms with van der Waals surface area (Å²) in [4.78, 5) is 25.4. The van der Waals surface area contributed by atoms with E-state index >= 15 is 0 Å². The molecule has 5 heteroatoms. The molecule has 156 valence electrons. The van der Waals surface area contributed by atoms with Crippen LogP contribution in [0.2, 0.25) is 0 Å². The van der Waals surface area contributed by atoms with Crippen LogP contribution in [0.25, 0.3) is 11.1 Å². The minimum atomic E-state index is -0.464. The Bertz CT molecular complexity index is 742. The van der Waals surface area contributed by atoms with Crippen LogP contribution in [-0.2, 0) is 9.59 Å². The van der Waals surface area contributed by atoms with Gasteiger partial charge in [0.05, 0.1) is 6.61 Å². The molecule has 1 N–H and O–H groups in total. The van der Waals surface area contributed by atoms with Gasteiger partial charge in [0.2, 0.25) is 5.78 Å². The Labute approximate surface area is 174 Å². The Kier molecular flexibility index (Phi) is 9.93. The molecule has 0 aliphatic carbocycles. The Hall–Kier alpha value is -2.66. The highest BCUT2D eigenvalue weighted by Crippen LogP contribution is 2.22. The van der Waals surface area contributed by atoms with Crippen molar-refractivity contribution < 1.29 is 14.3 Å². The number of unbranched alkanes of at least 4 members (excludes halogenated alkanes) is 3. The van der Waals surface area contributed by atoms with Gasteiger partial charge in [0.25, 0.3) is 5.91 Å². The van der Waals surface area contributed by atoms with Gasteiger partial charge in [-0.3, -0.25) is 9.59 Å². The van der Waals surface area contributed by atoms with E-state index in [0.717, 1.165) is 38.0 Å². The van der Waals surface area contributed by atoms with E-state index in [2.05, 4.69) is 29.6 Å². The Balaban J connectivity index is 1.54. The lowest BCUT2D eigenvalue weighted by Gasteiger charge is -2.10. The maximum Gasteiger partial charge on any atom is 0.287 e. The van der Waals surface area contributed by atoms with Gasteiger partial charge in [-0.15, -0.1) is 0 Å². The van der Waals surface area contributed by atoms with Gasteiger partial charge in [0.1, 0.15) is 5.75 Å². The van der Waals surface area contributed by atoms with Gasteiger partial charge >= 0.3 is 0 Å². The second kappa shape index (κ2) is 12.7. The lowest BCUT2D eigenvalue weighted by atomic mass is 10.1. The van der Waals surface area contributed by atoms with Crippen LogP contribution in [0.4, 0.5) is 0 Å². The van der Waals surface area contributed by atoms with Crippen molar-refractivity contribution in [3.63, 3.8) is 0 Å². The topological polar surface area (TPSA) is 58.6 Å². The van der Waals surface area contributed by atoms with Crippen LogP contribution in [-0.4, -0.2) is 50.4 Å². The van der Waals surface area contributed by atoms with Gasteiger partial charge in [0, 0.05) is 19.5 Å². The number of hydrogen-bond donors (Lipinski definition) is 1. The van der Waals surface area contributed by atoms with Gasteiger partial charge in [-0.25, -0.2) is 0 Å². The summed E-state index contributed by atoms with van der Waals surface area (Å²) < 4.78 is 5.79. The van der Waals surface area contributed by atoms with E-state index in [1.807, 2.05) is 49.3 Å². The van der Waals surface area contributed by atoms with E-state index in [4.69, 9.17) is 4.74 Å². The third-order valence-corrected chi connectivity index (χ3v) is 4.63. The predicted octanol–water partition coefficient (Wildman–Crippen LogP) is 3.93. The van der Waals surface area contributed by atoms with Crippen LogP contribution in [0.1, 0.15) is 32.1 Å². The molecular weight excluding hydrogens is 364 g/mol. The maximum atomic E-state index is 11.8. The molecule has 0 aliphatic rings. The fourth-order valence-corrected chi connectivity index (χ4v) is 2.91. The first-order valence-corrected chi connectivity index (χ1v) is 10.3. The molecule has 1 amide bonds. The molecule has 0 saturated carbocycles. The van der Waals surface area contributed by atoms with E-state index < -0.39 is 5.91 Å². The van der Waals surface area contributed by atoms with Crippen molar-refractivity contribution in [1.29, 1.82) is 0 Å². The van der Waals surface area contributed by atoms with Gasteiger partial charge < -0.3 is 15.0 Å². The zero-order chi connectivity index (χ0) is 20.9. The summed E-state index contributed by atoms with van der Waals surface area (Å²) in [6.07, 6.45) is 3.90. The number of likely N-dealkylation sites (N-methyl/N-ethyl adjacent to an activating group) is 1. The normalized spacial score (nSPS) is 10.7. The number of benzene rings is 2. The summed E-state index contributed by atoms with van der Waals surface area (Å²) in [5.41, 5.74) is 2.37. The minimum Gasteiger partial charge on any atom is -0.494 e. The molecule has 2 aromatic carbocycles. The highest BCUT2D eigenvalue weighted by Gasteiger charge is 2.12. The Morgan fingerprint density at radius 2 is 1.52 bits per heavy atom. The van der Waals surface area contributed by atoms with Crippen molar-refractivity contribution in [3.05, 3.63) is 54.6 Å². The lowest BCUT2D eigenvalue weighted by molar-refractivity contribution is -0.138. The van der Waals surface area contributed by atoms with Crippen LogP contribution in [0, 0.1) is 0 Å². The Morgan fingerprint density at radius 1 is 0.862 bits per heavy atom. The molecule has 0 heterocycles. The number of nitrogens with zero attached hydrogens (tertiary/aromatic N) is 1. The lowest BCUT2D eigenvalue weighted by Crippen LogP contribution is -2.35. The average molecular weight is 397 g/mol. The number of ketones is 1. The highest BCUT2D eigenvalue weighted by atomic mass is 16.5. The number of ether oxygens (including phenoxy) is 1. The van der Waals surface area contributed by atoms with Gasteiger partial charge in [-0.05, 0) is 50.2 Å². The van der Waals surface area contributed by atoms with Crippen LogP contribution in [0.15, 0.2) is 54.6 Å². The molecule has 2 rings (SSSR count). The number of nitrogens with one attached hydrogen (secondary N) is 1. The molecule has 0 spiro atoms. The van der Waals surface area contributed by atoms with Crippen molar-refractivity contribution in [2.75, 3.05) is 33.8 Å². The summed E-state index contributed by atoms with van der Waals surface area (Å²) in [6, 6.07) is 18.4. The molecule has 0 atom stereocenters. The highest BCUT2D eigenvalue weighted by molar-refractivity contribution is 6.36. The van der Waals surface area contributed by atoms with Gasteiger partial charge in [0.15, 0.2) is 0 Å². The van der Waals surface area contributed by atoms with Crippen LogP contribution >= 0.6 is 0 Å². The molecule has 29 heavy (non-hydrogen) atoms. The second-order valence-corrected chi connectivity index (χ2v) is 7.39. The minimum absolute atomic E-state index is 0.315. The van der Waals surface area contributed by atoms with Crippen molar-refractivity contribution in [2.45, 2.75) is 32.1 Å². The number of hydrogen-bond acceptors (Lipinski definition) is 4. The molecule has 5 nitrogen and oxygen atoms in total. The average Bonchev–Trinajstić information content (AvgIpc) is 2.73. The van der Waals surface area contributed by atoms with Gasteiger partial charge in [-0.2, -0.15) is 0 Å². The molecule has 0 unspecified atom stereocenters. The summed E-state index contributed by atoms with van der Waals surface area (Å²) in [7, 11) is 3.86. The smallest absolute Gasteiger partial charge is 0.287 e. The molecule has 0 aromatic heterocycles. The quantitative estimate of drug-likeness (QED) is 0.412. The van der Waals surface area contributed by atoms with E-state index in [1.54, 1.807) is 0 Å². The van der Waals surface area contributed by atoms with Crippen molar-refractivity contribution in [3.8, 4) is 16.9 Å². The fraction of sp³-hybridized carbons (Fsp3) is 0.417. The van der Waals surface area contributed by atoms with Gasteiger partial charge in [-0.1, -0.05) is 55.3 Å². The number of carbonyl (C=O) groups is 2. The van der Waals surface area contributed by atoms with E-state index in [0.29, 0.717) is 19.6 Å². The molecule has 2 aromatic rings. The van der Waals surface area contributed by atoms with Crippen molar-refractivity contribution in [2.24, 2.45) is 0 Å². The molecule has 0 bridgehead atoms. The SMILES string of the molecule is CN(C)CCNC(=O)C(=O)CCCCCCOc1ccc(-c2ccccc2)cc1. The van der Waals surface area contributed by atoms with Crippen LogP contribution in [0.3, 0.4) is 0 Å². The Morgan fingerprint density at radius 3 is 2.21 bits per heavy atom. The molecule has 0 fully saturated rings. The number of rotatable bonds is 13. The van der Waals surface area contributed by atoms with Crippen molar-refractivity contribution >= 4 is 11.7 Å². The standard InChI is InChI=1S/C24H32N2O3/c1-26(2)18-17-25-24(28)23(27)12-8-3-4-9-19-29-22-15-13-21(14-16-22)20-10-6-5-7-11-20/h5-7,10-11,13-16H,3-4,8-9,12,17-19H2,1-2H3,(H,25,28). The van der Waals surface area contributed by atoms with Crippen LogP contribution in [0.5, 0.6) is 5.75 Å². The zero-order valence-corrected chi connectivity index (χ0v) is 17.5. The maximum absolute atomic E-state index is 11.8. The second-order valence-electron chi connectivity index (χ2n) is 7.39. The van der Waals surface area contributed by atoms with E-state index in [-0.39, 0.29) is 5.78 Å². The first-order valence-electron chi connectivity index (χ1n) is 10.3. The molecule has 0 saturated heterocycles. The summed E-state index contributed by atoms with van der Waals surface area (Å²) in [5, 5.41) is 2.66. The fourth-order valence-electron chi connectivity index (χ4n) is 2.91. The largest absolute Gasteiger partial charge is 0.494 e. The summed E-state index contributed by atoms with van der Waals surface area (Å²) >= 11 is 0. The number of amides is 1. The zero-order valence-electron chi connectivity index (χ0n) is 17.5. The molecular formula is C24H32N2O3. The summed E-state index contributed by atoms with van der Waals surface area (Å²) in [6.45, 7) is 1.89. The third-order valence-electron chi connectivity index (χ3n) is 4.63. The van der Waals surface area contributed by atoms with E-state index in [1.165, 1.54) is 11.1 Å². The van der Waals surface area contributed by atoms with Crippen LogP contribution < -0.4 is 10.1 Å².